The van der Waals surface area contributed by atoms with Crippen LogP contribution in [0.25, 0.3) is 0 Å². The molecule has 13 nitrogen and oxygen atoms in total. The third-order valence-electron chi connectivity index (χ3n) is 7.83. The van der Waals surface area contributed by atoms with Gasteiger partial charge in [0.05, 0.1) is 12.7 Å². The van der Waals surface area contributed by atoms with E-state index >= 15 is 4.39 Å². The maximum Gasteiger partial charge on any atom is 0.416 e. The molecule has 1 atom stereocenters. The molecule has 3 aliphatic heterocycles. The fraction of sp³-hybridized carbons (Fsp3) is 0.536. The first-order valence-electron chi connectivity index (χ1n) is 13.9. The van der Waals surface area contributed by atoms with Gasteiger partial charge in [0, 0.05) is 44.1 Å². The number of halogens is 2. The Morgan fingerprint density at radius 2 is 1.95 bits per heavy atom. The van der Waals surface area contributed by atoms with Crippen LogP contribution in [0.1, 0.15) is 37.8 Å². The van der Waals surface area contributed by atoms with Crippen LogP contribution in [0.2, 0.25) is 0 Å². The van der Waals surface area contributed by atoms with Crippen molar-refractivity contribution in [3.8, 4) is 11.6 Å². The number of rotatable bonds is 6. The molecule has 1 aromatic heterocycles. The van der Waals surface area contributed by atoms with Crippen molar-refractivity contribution in [2.45, 2.75) is 50.7 Å². The summed E-state index contributed by atoms with van der Waals surface area (Å²) in [6.07, 6.45) is 3.03. The van der Waals surface area contributed by atoms with Crippen LogP contribution in [0.15, 0.2) is 12.3 Å². The van der Waals surface area contributed by atoms with Gasteiger partial charge in [0.1, 0.15) is 18.0 Å². The SMILES string of the molecule is CC(C)(N)COc1cc(F)c2c(c1F)CC(CN1CCC3(CC1)CN(c1cnc4c(n1)NC(=O)CO4)C(=O)O3)C2.O=CO. The number of carboxylic acid groups (broad SMARTS) is 1. The number of likely N-dealkylation sites (tertiary alicyclic amines) is 1. The molecule has 1 unspecified atom stereocenters. The van der Waals surface area contributed by atoms with Gasteiger partial charge in [-0.25, -0.2) is 23.5 Å². The number of fused-ring (bicyclic) bond motifs is 2. The normalized spacial score (nSPS) is 20.8. The van der Waals surface area contributed by atoms with E-state index in [9.17, 15) is 14.0 Å². The van der Waals surface area contributed by atoms with Crippen molar-refractivity contribution < 1.29 is 42.5 Å². The standard InChI is InChI=1S/C27H32F2N6O5.CH2O2/c1-26(2,30)14-39-19-9-18(28)16-7-15(8-17(16)22(19)29)11-34-5-3-27(4-6-34)13-35(25(37)40-27)20-10-31-24-23(32-20)33-21(36)12-38-24;2-1-3/h9-10,15H,3-8,11-14,30H2,1-2H3,(H,32,33,36);1H,(H,2,3). The number of hydrogen-bond donors (Lipinski definition) is 3. The average Bonchev–Trinajstić information content (AvgIpc) is 3.52. The highest BCUT2D eigenvalue weighted by atomic mass is 19.1. The molecule has 43 heavy (non-hydrogen) atoms. The van der Waals surface area contributed by atoms with Crippen LogP contribution >= 0.6 is 0 Å². The molecule has 2 aromatic rings. The van der Waals surface area contributed by atoms with Crippen LogP contribution in [0.3, 0.4) is 0 Å². The number of piperidine rings is 1. The van der Waals surface area contributed by atoms with Gasteiger partial charge in [0.15, 0.2) is 29.8 Å². The molecular formula is C28H34F2N6O7. The number of ether oxygens (including phenoxy) is 3. The van der Waals surface area contributed by atoms with Crippen molar-refractivity contribution in [2.24, 2.45) is 11.7 Å². The maximum absolute atomic E-state index is 15.2. The van der Waals surface area contributed by atoms with E-state index in [0.29, 0.717) is 63.0 Å². The fourth-order valence-corrected chi connectivity index (χ4v) is 5.83. The van der Waals surface area contributed by atoms with Crippen LogP contribution in [0, 0.1) is 17.6 Å². The first kappa shape index (κ1) is 30.4. The lowest BCUT2D eigenvalue weighted by Crippen LogP contribution is -2.48. The highest BCUT2D eigenvalue weighted by molar-refractivity contribution is 5.94. The molecule has 2 amide bonds. The third kappa shape index (κ3) is 6.62. The number of nitrogens with zero attached hydrogens (tertiary/aromatic N) is 4. The minimum absolute atomic E-state index is 0.0695. The highest BCUT2D eigenvalue weighted by Crippen LogP contribution is 2.39. The highest BCUT2D eigenvalue weighted by Gasteiger charge is 2.48. The largest absolute Gasteiger partial charge is 0.489 e. The minimum Gasteiger partial charge on any atom is -0.489 e. The van der Waals surface area contributed by atoms with Gasteiger partial charge in [-0.2, -0.15) is 0 Å². The van der Waals surface area contributed by atoms with Gasteiger partial charge in [0.2, 0.25) is 0 Å². The number of hydrogen-bond acceptors (Lipinski definition) is 10. The monoisotopic (exact) mass is 604 g/mol. The second-order valence-electron chi connectivity index (χ2n) is 11.9. The number of amides is 2. The van der Waals surface area contributed by atoms with Gasteiger partial charge in [-0.15, -0.1) is 0 Å². The Balaban J connectivity index is 0.00000118. The van der Waals surface area contributed by atoms with Crippen molar-refractivity contribution >= 4 is 30.1 Å². The number of aromatic nitrogens is 2. The molecule has 1 aromatic carbocycles. The molecule has 2 fully saturated rings. The van der Waals surface area contributed by atoms with E-state index in [1.807, 2.05) is 0 Å². The van der Waals surface area contributed by atoms with Crippen LogP contribution in [0.5, 0.6) is 11.6 Å². The van der Waals surface area contributed by atoms with Gasteiger partial charge >= 0.3 is 6.09 Å². The molecule has 4 aliphatic rings. The maximum atomic E-state index is 15.2. The van der Waals surface area contributed by atoms with Crippen molar-refractivity contribution in [3.05, 3.63) is 35.0 Å². The number of benzene rings is 1. The predicted octanol–water partition coefficient (Wildman–Crippen LogP) is 2.11. The molecule has 1 aliphatic carbocycles. The third-order valence-corrected chi connectivity index (χ3v) is 7.83. The van der Waals surface area contributed by atoms with Crippen molar-refractivity contribution in [3.63, 3.8) is 0 Å². The van der Waals surface area contributed by atoms with E-state index in [2.05, 4.69) is 20.2 Å². The molecule has 15 heteroatoms. The molecule has 1 spiro atoms. The van der Waals surface area contributed by atoms with Crippen LogP contribution in [-0.2, 0) is 27.2 Å². The number of anilines is 2. The van der Waals surface area contributed by atoms with Gasteiger partial charge in [-0.3, -0.25) is 14.5 Å². The lowest BCUT2D eigenvalue weighted by molar-refractivity contribution is -0.123. The summed E-state index contributed by atoms with van der Waals surface area (Å²) in [6.45, 7) is 5.57. The Kier molecular flexibility index (Phi) is 8.38. The Morgan fingerprint density at radius 1 is 1.26 bits per heavy atom. The summed E-state index contributed by atoms with van der Waals surface area (Å²) >= 11 is 0. The summed E-state index contributed by atoms with van der Waals surface area (Å²) in [7, 11) is 0. The van der Waals surface area contributed by atoms with Crippen molar-refractivity contribution in [2.75, 3.05) is 49.6 Å². The summed E-state index contributed by atoms with van der Waals surface area (Å²) in [5.41, 5.74) is 5.40. The van der Waals surface area contributed by atoms with E-state index in [1.165, 1.54) is 11.1 Å². The summed E-state index contributed by atoms with van der Waals surface area (Å²) in [5.74, 6) is -0.667. The summed E-state index contributed by atoms with van der Waals surface area (Å²) < 4.78 is 46.6. The second kappa shape index (κ2) is 11.9. The van der Waals surface area contributed by atoms with E-state index in [-0.39, 0.29) is 54.8 Å². The summed E-state index contributed by atoms with van der Waals surface area (Å²) in [4.78, 5) is 45.0. The predicted molar refractivity (Wildman–Crippen MR) is 148 cm³/mol. The topological polar surface area (TPSA) is 169 Å². The lowest BCUT2D eigenvalue weighted by atomic mass is 9.90. The molecule has 0 saturated carbocycles. The molecular weight excluding hydrogens is 570 g/mol. The van der Waals surface area contributed by atoms with Gasteiger partial charge < -0.3 is 35.3 Å². The van der Waals surface area contributed by atoms with Crippen LogP contribution in [0.4, 0.5) is 25.2 Å². The smallest absolute Gasteiger partial charge is 0.416 e. The molecule has 232 valence electrons. The van der Waals surface area contributed by atoms with Crippen LogP contribution in [-0.4, -0.2) is 89.0 Å². The first-order chi connectivity index (χ1) is 20.4. The van der Waals surface area contributed by atoms with Gasteiger partial charge in [-0.1, -0.05) is 0 Å². The molecule has 0 bridgehead atoms. The Labute approximate surface area is 246 Å². The quantitative estimate of drug-likeness (QED) is 0.413. The Morgan fingerprint density at radius 3 is 2.65 bits per heavy atom. The average molecular weight is 605 g/mol. The van der Waals surface area contributed by atoms with Crippen LogP contribution < -0.4 is 25.4 Å². The zero-order valence-corrected chi connectivity index (χ0v) is 23.9. The number of nitrogens with one attached hydrogen (secondary N) is 1. The molecule has 4 N–H and O–H groups in total. The Bertz CT molecular complexity index is 1410. The number of carbonyl (C=O) groups excluding carboxylic acids is 2. The van der Waals surface area contributed by atoms with E-state index in [1.54, 1.807) is 13.8 Å². The van der Waals surface area contributed by atoms with E-state index in [0.717, 1.165) is 6.07 Å². The van der Waals surface area contributed by atoms with Crippen molar-refractivity contribution in [1.29, 1.82) is 0 Å². The molecule has 6 rings (SSSR count). The zero-order valence-electron chi connectivity index (χ0n) is 23.9. The number of nitrogens with two attached hydrogens (primary N) is 1. The molecule has 0 radical (unpaired) electrons. The van der Waals surface area contributed by atoms with Gasteiger partial charge in [0.25, 0.3) is 18.3 Å². The van der Waals surface area contributed by atoms with Crippen molar-refractivity contribution in [1.82, 2.24) is 14.9 Å². The summed E-state index contributed by atoms with van der Waals surface area (Å²) in [5, 5.41) is 9.49. The lowest BCUT2D eigenvalue weighted by Gasteiger charge is -2.38. The number of carbonyl (C=O) groups is 3. The Hall–Kier alpha value is -4.11. The molecule has 4 heterocycles. The minimum atomic E-state index is -0.665. The van der Waals surface area contributed by atoms with E-state index in [4.69, 9.17) is 29.8 Å². The molecule has 2 saturated heterocycles. The summed E-state index contributed by atoms with van der Waals surface area (Å²) in [6, 6.07) is 1.13. The fourth-order valence-electron chi connectivity index (χ4n) is 5.83. The second-order valence-corrected chi connectivity index (χ2v) is 11.9. The first-order valence-corrected chi connectivity index (χ1v) is 13.9. The van der Waals surface area contributed by atoms with E-state index < -0.39 is 28.9 Å². The van der Waals surface area contributed by atoms with Gasteiger partial charge in [-0.05, 0) is 43.7 Å². The zero-order chi connectivity index (χ0) is 30.9.